The number of ketones is 1. The molecule has 6 rings (SSSR count). The molecule has 0 unspecified atom stereocenters. The molecule has 0 bridgehead atoms. The topological polar surface area (TPSA) is 57.7 Å². The molecule has 1 aromatic heterocycles. The van der Waals surface area contributed by atoms with Crippen LogP contribution in [0.1, 0.15) is 32.4 Å². The SMILES string of the molecule is O=C(c1cccs1)[C@@H]1[C@@H]2C(=O)N(Cc3ccccc3)C(=O)[C@@H]2[C@@H]2c3ccccc3C=CN12. The minimum atomic E-state index is -0.693. The largest absolute Gasteiger partial charge is 0.358 e. The third kappa shape index (κ3) is 2.72. The predicted molar refractivity (Wildman–Crippen MR) is 121 cm³/mol. The predicted octanol–water partition coefficient (Wildman–Crippen LogP) is 4.14. The van der Waals surface area contributed by atoms with E-state index in [9.17, 15) is 14.4 Å². The van der Waals surface area contributed by atoms with Crippen LogP contribution in [-0.4, -0.2) is 33.4 Å². The van der Waals surface area contributed by atoms with E-state index in [2.05, 4.69) is 0 Å². The number of hydrogen-bond acceptors (Lipinski definition) is 5. The van der Waals surface area contributed by atoms with Crippen molar-refractivity contribution in [2.45, 2.75) is 18.6 Å². The number of carbonyl (C=O) groups is 3. The molecule has 0 N–H and O–H groups in total. The summed E-state index contributed by atoms with van der Waals surface area (Å²) in [5.41, 5.74) is 2.92. The zero-order valence-electron chi connectivity index (χ0n) is 17.1. The van der Waals surface area contributed by atoms with Gasteiger partial charge in [-0.3, -0.25) is 19.3 Å². The lowest BCUT2D eigenvalue weighted by Gasteiger charge is -2.35. The molecule has 3 aromatic rings. The highest BCUT2D eigenvalue weighted by Gasteiger charge is 2.64. The molecule has 5 nitrogen and oxygen atoms in total. The van der Waals surface area contributed by atoms with Gasteiger partial charge in [-0.2, -0.15) is 0 Å². The molecule has 2 amide bonds. The van der Waals surface area contributed by atoms with Crippen molar-refractivity contribution in [3.05, 3.63) is 99.9 Å². The smallest absolute Gasteiger partial charge is 0.236 e. The number of Topliss-reactive ketones (excluding diaryl/α,β-unsaturated/α-hetero) is 1. The fourth-order valence-electron chi connectivity index (χ4n) is 5.41. The van der Waals surface area contributed by atoms with Crippen LogP contribution in [-0.2, 0) is 16.1 Å². The molecule has 4 heterocycles. The molecule has 158 valence electrons. The number of amides is 2. The van der Waals surface area contributed by atoms with Crippen LogP contribution in [0, 0.1) is 11.8 Å². The lowest BCUT2D eigenvalue weighted by atomic mass is 9.84. The Morgan fingerprint density at radius 1 is 0.875 bits per heavy atom. The highest BCUT2D eigenvalue weighted by Crippen LogP contribution is 2.53. The van der Waals surface area contributed by atoms with Gasteiger partial charge in [-0.25, -0.2) is 0 Å². The van der Waals surface area contributed by atoms with E-state index in [0.717, 1.165) is 16.7 Å². The Hall–Kier alpha value is -3.51. The molecule has 6 heteroatoms. The fourth-order valence-corrected chi connectivity index (χ4v) is 6.10. The van der Waals surface area contributed by atoms with Gasteiger partial charge in [-0.1, -0.05) is 60.7 Å². The average Bonchev–Trinajstić information content (AvgIpc) is 3.53. The lowest BCUT2D eigenvalue weighted by Crippen LogP contribution is -2.43. The molecule has 4 atom stereocenters. The van der Waals surface area contributed by atoms with Gasteiger partial charge in [-0.15, -0.1) is 11.3 Å². The number of rotatable bonds is 4. The van der Waals surface area contributed by atoms with E-state index in [0.29, 0.717) is 4.88 Å². The van der Waals surface area contributed by atoms with Gasteiger partial charge >= 0.3 is 0 Å². The van der Waals surface area contributed by atoms with Crippen molar-refractivity contribution in [2.75, 3.05) is 0 Å². The number of benzene rings is 2. The second kappa shape index (κ2) is 7.28. The van der Waals surface area contributed by atoms with Crippen LogP contribution >= 0.6 is 11.3 Å². The summed E-state index contributed by atoms with van der Waals surface area (Å²) in [6.07, 6.45) is 3.86. The van der Waals surface area contributed by atoms with E-state index in [1.807, 2.05) is 83.2 Å². The second-order valence-electron chi connectivity index (χ2n) is 8.42. The number of likely N-dealkylation sites (tertiary alicyclic amines) is 1. The van der Waals surface area contributed by atoms with Gasteiger partial charge in [0.1, 0.15) is 6.04 Å². The van der Waals surface area contributed by atoms with Crippen LogP contribution in [0.5, 0.6) is 0 Å². The number of thiophene rings is 1. The molecule has 2 saturated heterocycles. The monoisotopic (exact) mass is 440 g/mol. The standard InChI is InChI=1S/C26H20N2O3S/c29-24(19-11-6-14-32-19)23-21-20(22-18-10-5-4-9-17(18)12-13-27(22)23)25(30)28(26(21)31)15-16-7-2-1-3-8-16/h1-14,20-23H,15H2/t20-,21+,22-,23-/m0/s1. The minimum Gasteiger partial charge on any atom is -0.358 e. The Morgan fingerprint density at radius 3 is 2.41 bits per heavy atom. The van der Waals surface area contributed by atoms with Crippen molar-refractivity contribution in [3.63, 3.8) is 0 Å². The fraction of sp³-hybridized carbons (Fsp3) is 0.192. The molecule has 0 aliphatic carbocycles. The maximum absolute atomic E-state index is 13.7. The van der Waals surface area contributed by atoms with Crippen LogP contribution in [0.25, 0.3) is 6.08 Å². The molecule has 0 saturated carbocycles. The highest BCUT2D eigenvalue weighted by atomic mass is 32.1. The Kier molecular flexibility index (Phi) is 4.36. The zero-order valence-corrected chi connectivity index (χ0v) is 17.9. The molecule has 3 aliphatic rings. The van der Waals surface area contributed by atoms with E-state index in [4.69, 9.17) is 0 Å². The van der Waals surface area contributed by atoms with Crippen molar-refractivity contribution in [3.8, 4) is 0 Å². The first kappa shape index (κ1) is 19.2. The lowest BCUT2D eigenvalue weighted by molar-refractivity contribution is -0.142. The molecular formula is C26H20N2O3S. The summed E-state index contributed by atoms with van der Waals surface area (Å²) in [6.45, 7) is 0.232. The molecule has 32 heavy (non-hydrogen) atoms. The van der Waals surface area contributed by atoms with Crippen molar-refractivity contribution in [1.82, 2.24) is 9.80 Å². The first-order valence-electron chi connectivity index (χ1n) is 10.7. The third-order valence-corrected chi connectivity index (χ3v) is 7.65. The van der Waals surface area contributed by atoms with Crippen LogP contribution in [0.2, 0.25) is 0 Å². The van der Waals surface area contributed by atoms with Crippen LogP contribution in [0.4, 0.5) is 0 Å². The van der Waals surface area contributed by atoms with Crippen molar-refractivity contribution in [1.29, 1.82) is 0 Å². The third-order valence-electron chi connectivity index (χ3n) is 6.77. The summed E-state index contributed by atoms with van der Waals surface area (Å²) in [6, 6.07) is 20.1. The van der Waals surface area contributed by atoms with Crippen molar-refractivity contribution in [2.24, 2.45) is 11.8 Å². The zero-order chi connectivity index (χ0) is 21.8. The Labute approximate surface area is 189 Å². The van der Waals surface area contributed by atoms with Crippen molar-refractivity contribution < 1.29 is 14.4 Å². The number of imide groups is 1. The molecule has 2 aromatic carbocycles. The van der Waals surface area contributed by atoms with Gasteiger partial charge in [0.15, 0.2) is 5.78 Å². The molecule has 0 spiro atoms. The van der Waals surface area contributed by atoms with E-state index in [-0.39, 0.29) is 30.2 Å². The van der Waals surface area contributed by atoms with Crippen LogP contribution in [0.3, 0.4) is 0 Å². The van der Waals surface area contributed by atoms with Gasteiger partial charge in [0.25, 0.3) is 0 Å². The first-order valence-corrected chi connectivity index (χ1v) is 11.5. The summed E-state index contributed by atoms with van der Waals surface area (Å²) in [5.74, 6) is -1.80. The molecule has 0 radical (unpaired) electrons. The maximum Gasteiger partial charge on any atom is 0.236 e. The summed E-state index contributed by atoms with van der Waals surface area (Å²) >= 11 is 1.37. The van der Waals surface area contributed by atoms with E-state index < -0.39 is 17.9 Å². The van der Waals surface area contributed by atoms with Gasteiger partial charge < -0.3 is 4.90 Å². The highest BCUT2D eigenvalue weighted by molar-refractivity contribution is 7.12. The summed E-state index contributed by atoms with van der Waals surface area (Å²) < 4.78 is 0. The Balaban J connectivity index is 1.45. The van der Waals surface area contributed by atoms with Gasteiger partial charge in [0.2, 0.25) is 11.8 Å². The summed E-state index contributed by atoms with van der Waals surface area (Å²) in [5, 5.41) is 1.86. The number of fused-ring (bicyclic) bond motifs is 5. The van der Waals surface area contributed by atoms with Gasteiger partial charge in [0.05, 0.1) is 29.3 Å². The maximum atomic E-state index is 13.7. The van der Waals surface area contributed by atoms with Crippen LogP contribution in [0.15, 0.2) is 78.3 Å². The van der Waals surface area contributed by atoms with Crippen LogP contribution < -0.4 is 0 Å². The summed E-state index contributed by atoms with van der Waals surface area (Å²) in [4.78, 5) is 44.8. The van der Waals surface area contributed by atoms with E-state index in [1.165, 1.54) is 16.2 Å². The Bertz CT molecular complexity index is 1250. The number of carbonyl (C=O) groups excluding carboxylic acids is 3. The Morgan fingerprint density at radius 2 is 1.62 bits per heavy atom. The van der Waals surface area contributed by atoms with Crippen molar-refractivity contribution >= 4 is 35.0 Å². The van der Waals surface area contributed by atoms with E-state index in [1.54, 1.807) is 6.07 Å². The summed E-state index contributed by atoms with van der Waals surface area (Å²) in [7, 11) is 0. The van der Waals surface area contributed by atoms with Gasteiger partial charge in [-0.05, 0) is 34.2 Å². The number of nitrogens with zero attached hydrogens (tertiary/aromatic N) is 2. The quantitative estimate of drug-likeness (QED) is 0.452. The molecular weight excluding hydrogens is 420 g/mol. The second-order valence-corrected chi connectivity index (χ2v) is 9.37. The normalized spacial score (nSPS) is 25.6. The first-order chi connectivity index (χ1) is 15.6. The molecule has 3 aliphatic heterocycles. The minimum absolute atomic E-state index is 0.0933. The molecule has 2 fully saturated rings. The van der Waals surface area contributed by atoms with E-state index >= 15 is 0 Å². The number of hydrogen-bond donors (Lipinski definition) is 0. The van der Waals surface area contributed by atoms with Gasteiger partial charge in [0, 0.05) is 6.20 Å². The average molecular weight is 441 g/mol.